The number of rotatable bonds is 3. The number of nitrogens with one attached hydrogen (secondary N) is 2. The molecule has 2 aromatic rings. The Kier molecular flexibility index (Phi) is 3.30. The first-order chi connectivity index (χ1) is 8.83. The van der Waals surface area contributed by atoms with Crippen molar-refractivity contribution in [3.8, 4) is 0 Å². The summed E-state index contributed by atoms with van der Waals surface area (Å²) >= 11 is 0. The number of H-pyrrole nitrogens is 1. The van der Waals surface area contributed by atoms with E-state index in [1.165, 1.54) is 24.0 Å². The first-order valence-electron chi connectivity index (χ1n) is 6.69. The fraction of sp³-hybridized carbons (Fsp3) is 0.500. The van der Waals surface area contributed by atoms with Crippen LogP contribution in [0, 0.1) is 6.92 Å². The predicted molar refractivity (Wildman–Crippen MR) is 73.8 cm³/mol. The Morgan fingerprint density at radius 3 is 2.94 bits per heavy atom. The van der Waals surface area contributed by atoms with Gasteiger partial charge in [-0.25, -0.2) is 0 Å². The van der Waals surface area contributed by atoms with Crippen molar-refractivity contribution in [1.82, 2.24) is 20.4 Å². The van der Waals surface area contributed by atoms with E-state index in [1.807, 2.05) is 0 Å². The Labute approximate surface area is 107 Å². The smallest absolute Gasteiger partial charge is 0.0923 e. The van der Waals surface area contributed by atoms with E-state index in [4.69, 9.17) is 0 Å². The fourth-order valence-electron chi connectivity index (χ4n) is 2.56. The van der Waals surface area contributed by atoms with E-state index < -0.39 is 0 Å². The lowest BCUT2D eigenvalue weighted by Gasteiger charge is -2.27. The number of aromatic nitrogens is 2. The van der Waals surface area contributed by atoms with E-state index in [0.29, 0.717) is 0 Å². The molecule has 0 radical (unpaired) electrons. The summed E-state index contributed by atoms with van der Waals surface area (Å²) in [6.07, 6.45) is 1.13. The molecule has 2 heterocycles. The molecule has 1 fully saturated rings. The van der Waals surface area contributed by atoms with E-state index in [2.05, 4.69) is 45.5 Å². The molecule has 96 valence electrons. The number of aryl methyl sites for hydroxylation is 1. The van der Waals surface area contributed by atoms with Crippen molar-refractivity contribution in [1.29, 1.82) is 0 Å². The number of fused-ring (bicyclic) bond motifs is 1. The zero-order valence-corrected chi connectivity index (χ0v) is 10.9. The molecular weight excluding hydrogens is 224 g/mol. The third-order valence-electron chi connectivity index (χ3n) is 3.74. The van der Waals surface area contributed by atoms with Gasteiger partial charge in [0.1, 0.15) is 0 Å². The van der Waals surface area contributed by atoms with Crippen LogP contribution < -0.4 is 5.32 Å². The van der Waals surface area contributed by atoms with E-state index in [0.717, 1.165) is 37.3 Å². The molecule has 18 heavy (non-hydrogen) atoms. The Hall–Kier alpha value is -1.39. The highest BCUT2D eigenvalue weighted by atomic mass is 15.2. The van der Waals surface area contributed by atoms with Gasteiger partial charge in [-0.05, 0) is 31.0 Å². The van der Waals surface area contributed by atoms with Gasteiger partial charge in [0.15, 0.2) is 0 Å². The van der Waals surface area contributed by atoms with Crippen LogP contribution in [0.25, 0.3) is 10.9 Å². The Morgan fingerprint density at radius 1 is 1.28 bits per heavy atom. The van der Waals surface area contributed by atoms with Crippen LogP contribution in [0.3, 0.4) is 0 Å². The number of nitrogens with zero attached hydrogens (tertiary/aromatic N) is 2. The van der Waals surface area contributed by atoms with Crippen molar-refractivity contribution in [2.75, 3.05) is 32.7 Å². The molecule has 1 aliphatic heterocycles. The minimum atomic E-state index is 1.07. The van der Waals surface area contributed by atoms with E-state index in [9.17, 15) is 0 Å². The molecule has 1 aromatic carbocycles. The molecule has 3 rings (SSSR count). The average molecular weight is 244 g/mol. The monoisotopic (exact) mass is 244 g/mol. The summed E-state index contributed by atoms with van der Waals surface area (Å²) in [5, 5.41) is 12.0. The highest BCUT2D eigenvalue weighted by molar-refractivity contribution is 5.81. The lowest BCUT2D eigenvalue weighted by atomic mass is 10.1. The Bertz CT molecular complexity index is 526. The first kappa shape index (κ1) is 11.7. The van der Waals surface area contributed by atoms with Gasteiger partial charge in [0, 0.05) is 43.8 Å². The zero-order valence-electron chi connectivity index (χ0n) is 10.9. The summed E-state index contributed by atoms with van der Waals surface area (Å²) in [4.78, 5) is 2.53. The van der Waals surface area contributed by atoms with Gasteiger partial charge >= 0.3 is 0 Å². The summed E-state index contributed by atoms with van der Waals surface area (Å²) < 4.78 is 0. The molecule has 1 saturated heterocycles. The van der Waals surface area contributed by atoms with Crippen molar-refractivity contribution in [3.63, 3.8) is 0 Å². The number of benzene rings is 1. The topological polar surface area (TPSA) is 44.0 Å². The number of hydrogen-bond donors (Lipinski definition) is 2. The molecule has 0 unspecified atom stereocenters. The van der Waals surface area contributed by atoms with Gasteiger partial charge in [0.05, 0.1) is 5.52 Å². The van der Waals surface area contributed by atoms with Crippen molar-refractivity contribution in [2.24, 2.45) is 0 Å². The van der Waals surface area contributed by atoms with Crippen LogP contribution in [0.4, 0.5) is 0 Å². The molecule has 0 aliphatic carbocycles. The zero-order chi connectivity index (χ0) is 12.4. The maximum atomic E-state index is 4.27. The second-order valence-corrected chi connectivity index (χ2v) is 5.04. The van der Waals surface area contributed by atoms with Crippen LogP contribution in [-0.2, 0) is 6.42 Å². The van der Waals surface area contributed by atoms with E-state index >= 15 is 0 Å². The van der Waals surface area contributed by atoms with Gasteiger partial charge in [0.2, 0.25) is 0 Å². The first-order valence-corrected chi connectivity index (χ1v) is 6.69. The molecule has 0 saturated carbocycles. The quantitative estimate of drug-likeness (QED) is 0.856. The van der Waals surface area contributed by atoms with Crippen LogP contribution in [-0.4, -0.2) is 47.8 Å². The molecule has 4 heteroatoms. The lowest BCUT2D eigenvalue weighted by Crippen LogP contribution is -2.44. The molecule has 0 spiro atoms. The summed E-state index contributed by atoms with van der Waals surface area (Å²) in [6, 6.07) is 6.59. The molecule has 2 N–H and O–H groups in total. The minimum absolute atomic E-state index is 1.07. The highest BCUT2D eigenvalue weighted by Gasteiger charge is 2.09. The number of hydrogen-bond acceptors (Lipinski definition) is 3. The van der Waals surface area contributed by atoms with Crippen LogP contribution in [0.15, 0.2) is 18.2 Å². The van der Waals surface area contributed by atoms with Crippen molar-refractivity contribution >= 4 is 10.9 Å². The van der Waals surface area contributed by atoms with Crippen molar-refractivity contribution in [3.05, 3.63) is 29.5 Å². The second kappa shape index (κ2) is 5.08. The summed E-state index contributed by atoms with van der Waals surface area (Å²) in [7, 11) is 0. The number of aromatic amines is 1. The molecule has 1 aromatic heterocycles. The van der Waals surface area contributed by atoms with Gasteiger partial charge in [-0.1, -0.05) is 6.07 Å². The van der Waals surface area contributed by atoms with E-state index in [1.54, 1.807) is 0 Å². The third-order valence-corrected chi connectivity index (χ3v) is 3.74. The van der Waals surface area contributed by atoms with Crippen molar-refractivity contribution < 1.29 is 0 Å². The van der Waals surface area contributed by atoms with Gasteiger partial charge in [-0.15, -0.1) is 0 Å². The summed E-state index contributed by atoms with van der Waals surface area (Å²) in [5.41, 5.74) is 3.64. The standard InChI is InChI=1S/C14H20N4/c1-11-13-10-12(2-3-14(13)17-16-11)4-7-18-8-5-15-6-9-18/h2-3,10,15H,4-9H2,1H3,(H,16,17). The maximum Gasteiger partial charge on any atom is 0.0923 e. The minimum Gasteiger partial charge on any atom is -0.314 e. The summed E-state index contributed by atoms with van der Waals surface area (Å²) in [5.74, 6) is 0. The van der Waals surface area contributed by atoms with Gasteiger partial charge in [0.25, 0.3) is 0 Å². The largest absolute Gasteiger partial charge is 0.314 e. The molecule has 0 atom stereocenters. The fourth-order valence-corrected chi connectivity index (χ4v) is 2.56. The Morgan fingerprint density at radius 2 is 2.11 bits per heavy atom. The van der Waals surface area contributed by atoms with Gasteiger partial charge in [-0.2, -0.15) is 5.10 Å². The molecule has 1 aliphatic rings. The van der Waals surface area contributed by atoms with E-state index in [-0.39, 0.29) is 0 Å². The van der Waals surface area contributed by atoms with Crippen LogP contribution in [0.1, 0.15) is 11.3 Å². The molecule has 0 bridgehead atoms. The third kappa shape index (κ3) is 2.40. The average Bonchev–Trinajstić information content (AvgIpc) is 2.79. The van der Waals surface area contributed by atoms with Crippen LogP contribution in [0.2, 0.25) is 0 Å². The lowest BCUT2D eigenvalue weighted by molar-refractivity contribution is 0.244. The summed E-state index contributed by atoms with van der Waals surface area (Å²) in [6.45, 7) is 7.83. The normalized spacial score (nSPS) is 17.4. The number of piperazine rings is 1. The molecule has 0 amide bonds. The SMILES string of the molecule is Cc1[nH]nc2ccc(CCN3CCNCC3)cc12. The Balaban J connectivity index is 1.68. The maximum absolute atomic E-state index is 4.27. The highest BCUT2D eigenvalue weighted by Crippen LogP contribution is 2.17. The predicted octanol–water partition coefficient (Wildman–Crippen LogP) is 1.32. The van der Waals surface area contributed by atoms with Crippen LogP contribution in [0.5, 0.6) is 0 Å². The molecular formula is C14H20N4. The second-order valence-electron chi connectivity index (χ2n) is 5.04. The van der Waals surface area contributed by atoms with Crippen LogP contribution >= 0.6 is 0 Å². The van der Waals surface area contributed by atoms with Gasteiger partial charge < -0.3 is 10.2 Å². The van der Waals surface area contributed by atoms with Gasteiger partial charge in [-0.3, -0.25) is 5.10 Å². The van der Waals surface area contributed by atoms with Crippen molar-refractivity contribution in [2.45, 2.75) is 13.3 Å². The molecule has 4 nitrogen and oxygen atoms in total.